The maximum atomic E-state index is 13.4. The molecule has 0 unspecified atom stereocenters. The summed E-state index contributed by atoms with van der Waals surface area (Å²) >= 11 is 0. The van der Waals surface area contributed by atoms with Crippen LogP contribution in [-0.4, -0.2) is 33.8 Å². The molecule has 3 aromatic rings. The lowest BCUT2D eigenvalue weighted by Crippen LogP contribution is -2.48. The molecular formula is C21H23FN4O4. The molecule has 0 radical (unpaired) electrons. The van der Waals surface area contributed by atoms with Gasteiger partial charge in [0.15, 0.2) is 5.82 Å². The van der Waals surface area contributed by atoms with E-state index in [0.717, 1.165) is 5.01 Å². The molecule has 0 saturated heterocycles. The van der Waals surface area contributed by atoms with Crippen LogP contribution in [-0.2, 0) is 9.47 Å². The molecule has 0 bridgehead atoms. The summed E-state index contributed by atoms with van der Waals surface area (Å²) in [6.45, 7) is 6.76. The van der Waals surface area contributed by atoms with Gasteiger partial charge < -0.3 is 9.47 Å². The number of fused-ring (bicyclic) bond motifs is 1. The van der Waals surface area contributed by atoms with Crippen LogP contribution in [0, 0.1) is 5.82 Å². The fourth-order valence-corrected chi connectivity index (χ4v) is 2.77. The van der Waals surface area contributed by atoms with Gasteiger partial charge in [0.05, 0.1) is 12.2 Å². The molecule has 30 heavy (non-hydrogen) atoms. The number of halogens is 1. The monoisotopic (exact) mass is 414 g/mol. The van der Waals surface area contributed by atoms with E-state index in [1.807, 2.05) is 0 Å². The molecule has 0 spiro atoms. The van der Waals surface area contributed by atoms with Crippen molar-refractivity contribution in [2.75, 3.05) is 5.01 Å². The number of hydrogen-bond acceptors (Lipinski definition) is 5. The highest BCUT2D eigenvalue weighted by Gasteiger charge is 2.29. The zero-order valence-electron chi connectivity index (χ0n) is 17.1. The quantitative estimate of drug-likeness (QED) is 0.634. The number of carbonyl (C=O) groups excluding carboxylic acids is 2. The molecule has 8 nitrogen and oxygen atoms in total. The number of nitrogens with one attached hydrogen (secondary N) is 1. The summed E-state index contributed by atoms with van der Waals surface area (Å²) in [7, 11) is 0. The second kappa shape index (κ2) is 8.81. The molecule has 0 saturated carbocycles. The van der Waals surface area contributed by atoms with E-state index < -0.39 is 30.2 Å². The molecule has 0 atom stereocenters. The minimum Gasteiger partial charge on any atom is -0.446 e. The van der Waals surface area contributed by atoms with E-state index in [-0.39, 0.29) is 5.82 Å². The third kappa shape index (κ3) is 4.68. The molecule has 9 heteroatoms. The lowest BCUT2D eigenvalue weighted by atomic mass is 10.1. The van der Waals surface area contributed by atoms with Crippen molar-refractivity contribution in [2.24, 2.45) is 0 Å². The molecule has 0 aliphatic heterocycles. The highest BCUT2D eigenvalue weighted by molar-refractivity contribution is 5.94. The van der Waals surface area contributed by atoms with Crippen LogP contribution in [0.1, 0.15) is 27.7 Å². The number of benzene rings is 1. The first-order valence-corrected chi connectivity index (χ1v) is 9.47. The molecule has 3 rings (SSSR count). The first-order valence-electron chi connectivity index (χ1n) is 9.47. The number of amides is 2. The molecule has 1 aromatic carbocycles. The Hall–Kier alpha value is -3.62. The van der Waals surface area contributed by atoms with Gasteiger partial charge >= 0.3 is 12.2 Å². The number of ether oxygens (including phenoxy) is 2. The van der Waals surface area contributed by atoms with E-state index >= 15 is 0 Å². The van der Waals surface area contributed by atoms with E-state index in [2.05, 4.69) is 10.4 Å². The van der Waals surface area contributed by atoms with Gasteiger partial charge in [0, 0.05) is 11.8 Å². The van der Waals surface area contributed by atoms with Crippen molar-refractivity contribution in [3.05, 3.63) is 54.5 Å². The molecular weight excluding hydrogens is 391 g/mol. The van der Waals surface area contributed by atoms with E-state index in [4.69, 9.17) is 9.47 Å². The van der Waals surface area contributed by atoms with Crippen LogP contribution in [0.4, 0.5) is 19.8 Å². The molecule has 2 aromatic heterocycles. The third-order valence-electron chi connectivity index (χ3n) is 3.90. The Bertz CT molecular complexity index is 1050. The van der Waals surface area contributed by atoms with Crippen molar-refractivity contribution in [3.8, 4) is 11.3 Å². The molecule has 0 aliphatic carbocycles. The van der Waals surface area contributed by atoms with Crippen LogP contribution in [0.15, 0.2) is 48.7 Å². The SMILES string of the molecule is CC(C)OC(=O)NN(C(=O)OC(C)C)c1c(-c2ccc(F)cc2)nc2ccccn12. The molecule has 1 N–H and O–H groups in total. The van der Waals surface area contributed by atoms with Gasteiger partial charge in [0.2, 0.25) is 0 Å². The van der Waals surface area contributed by atoms with Crippen molar-refractivity contribution < 1.29 is 23.5 Å². The summed E-state index contributed by atoms with van der Waals surface area (Å²) in [4.78, 5) is 29.8. The highest BCUT2D eigenvalue weighted by Crippen LogP contribution is 2.31. The van der Waals surface area contributed by atoms with Gasteiger partial charge in [-0.1, -0.05) is 6.07 Å². The fraction of sp³-hybridized carbons (Fsp3) is 0.286. The van der Waals surface area contributed by atoms with Gasteiger partial charge in [-0.05, 0) is 64.1 Å². The molecule has 2 amide bonds. The number of nitrogens with zero attached hydrogens (tertiary/aromatic N) is 3. The van der Waals surface area contributed by atoms with Gasteiger partial charge in [-0.3, -0.25) is 4.40 Å². The Morgan fingerprint density at radius 3 is 2.33 bits per heavy atom. The second-order valence-corrected chi connectivity index (χ2v) is 7.05. The zero-order chi connectivity index (χ0) is 21.8. The summed E-state index contributed by atoms with van der Waals surface area (Å²) in [5, 5.41) is 0.948. The third-order valence-corrected chi connectivity index (χ3v) is 3.90. The van der Waals surface area contributed by atoms with Crippen LogP contribution in [0.25, 0.3) is 16.9 Å². The number of imidazole rings is 1. The average molecular weight is 414 g/mol. The number of hydrogen-bond donors (Lipinski definition) is 1. The number of aromatic nitrogens is 2. The number of rotatable bonds is 4. The summed E-state index contributed by atoms with van der Waals surface area (Å²) in [6.07, 6.45) is -0.792. The highest BCUT2D eigenvalue weighted by atomic mass is 19.1. The average Bonchev–Trinajstić information content (AvgIpc) is 3.04. The van der Waals surface area contributed by atoms with Crippen LogP contribution in [0.2, 0.25) is 0 Å². The van der Waals surface area contributed by atoms with Gasteiger partial charge in [-0.15, -0.1) is 0 Å². The first-order chi connectivity index (χ1) is 14.3. The second-order valence-electron chi connectivity index (χ2n) is 7.05. The number of hydrazine groups is 1. The van der Waals surface area contributed by atoms with Crippen LogP contribution < -0.4 is 10.4 Å². The van der Waals surface area contributed by atoms with Crippen molar-refractivity contribution in [3.63, 3.8) is 0 Å². The molecule has 2 heterocycles. The van der Waals surface area contributed by atoms with E-state index in [1.54, 1.807) is 68.6 Å². The number of carbonyl (C=O) groups is 2. The lowest BCUT2D eigenvalue weighted by molar-refractivity contribution is 0.103. The Morgan fingerprint density at radius 2 is 1.70 bits per heavy atom. The van der Waals surface area contributed by atoms with Crippen molar-refractivity contribution >= 4 is 23.7 Å². The van der Waals surface area contributed by atoms with E-state index in [1.165, 1.54) is 12.1 Å². The predicted octanol–water partition coefficient (Wildman–Crippen LogP) is 4.54. The number of pyridine rings is 1. The largest absolute Gasteiger partial charge is 0.446 e. The maximum Gasteiger partial charge on any atom is 0.435 e. The van der Waals surface area contributed by atoms with Gasteiger partial charge in [-0.2, -0.15) is 5.01 Å². The Morgan fingerprint density at radius 1 is 1.03 bits per heavy atom. The van der Waals surface area contributed by atoms with Crippen molar-refractivity contribution in [2.45, 2.75) is 39.9 Å². The molecule has 0 aliphatic rings. The van der Waals surface area contributed by atoms with Crippen LogP contribution in [0.5, 0.6) is 0 Å². The van der Waals surface area contributed by atoms with Crippen LogP contribution >= 0.6 is 0 Å². The Labute approximate surface area is 173 Å². The summed E-state index contributed by atoms with van der Waals surface area (Å²) in [6, 6.07) is 11.0. The smallest absolute Gasteiger partial charge is 0.435 e. The van der Waals surface area contributed by atoms with Crippen LogP contribution in [0.3, 0.4) is 0 Å². The minimum atomic E-state index is -0.832. The van der Waals surface area contributed by atoms with Gasteiger partial charge in [-0.25, -0.2) is 24.4 Å². The van der Waals surface area contributed by atoms with E-state index in [9.17, 15) is 14.0 Å². The first kappa shape index (κ1) is 21.1. The van der Waals surface area contributed by atoms with Crippen molar-refractivity contribution in [1.29, 1.82) is 0 Å². The fourth-order valence-electron chi connectivity index (χ4n) is 2.77. The Kier molecular flexibility index (Phi) is 6.20. The topological polar surface area (TPSA) is 85.2 Å². The van der Waals surface area contributed by atoms with Crippen molar-refractivity contribution in [1.82, 2.24) is 14.8 Å². The molecule has 158 valence electrons. The van der Waals surface area contributed by atoms with Gasteiger partial charge in [0.25, 0.3) is 0 Å². The number of anilines is 1. The Balaban J connectivity index is 2.16. The normalized spacial score (nSPS) is 11.0. The summed E-state index contributed by atoms with van der Waals surface area (Å²) in [5.41, 5.74) is 3.86. The zero-order valence-corrected chi connectivity index (χ0v) is 17.1. The lowest BCUT2D eigenvalue weighted by Gasteiger charge is -2.24. The summed E-state index contributed by atoms with van der Waals surface area (Å²) < 4.78 is 25.5. The summed E-state index contributed by atoms with van der Waals surface area (Å²) in [5.74, 6) is -0.178. The maximum absolute atomic E-state index is 13.4. The minimum absolute atomic E-state index is 0.226. The predicted molar refractivity (Wildman–Crippen MR) is 109 cm³/mol. The standard InChI is InChI=1S/C21H23FN4O4/c1-13(2)29-20(27)24-26(21(28)30-14(3)4)19-18(15-8-10-16(22)11-9-15)23-17-7-5-6-12-25(17)19/h5-14H,1-4H3,(H,24,27). The molecule has 0 fully saturated rings. The van der Waals surface area contributed by atoms with E-state index in [0.29, 0.717) is 16.9 Å². The van der Waals surface area contributed by atoms with Gasteiger partial charge in [0.1, 0.15) is 17.2 Å².